The van der Waals surface area contributed by atoms with Crippen LogP contribution in [0.1, 0.15) is 27.0 Å². The molecule has 35 heavy (non-hydrogen) atoms. The van der Waals surface area contributed by atoms with Gasteiger partial charge in [0.05, 0.1) is 13.2 Å². The van der Waals surface area contributed by atoms with Gasteiger partial charge >= 0.3 is 19.8 Å². The van der Waals surface area contributed by atoms with Crippen LogP contribution >= 0.6 is 8.18 Å². The molecular weight excluding hydrogens is 488 g/mol. The SMILES string of the molecule is CCOC(=O)[C@H](C)N(OC[C@H]1O[C@@H](n2ccc(=O)[nH]c2=O)[C@](C)(F)[C@@H]1O)[PH](=O)Oc1ccccc1. The fraction of sp³-hybridized carbons (Fsp3) is 0.476. The predicted molar refractivity (Wildman–Crippen MR) is 121 cm³/mol. The molecule has 1 saturated heterocycles. The minimum atomic E-state index is -3.22. The third-order valence-electron chi connectivity index (χ3n) is 5.31. The number of alkyl halides is 1. The van der Waals surface area contributed by atoms with Crippen LogP contribution in [-0.2, 0) is 23.7 Å². The molecule has 1 aromatic carbocycles. The molecule has 6 atom stereocenters. The Morgan fingerprint density at radius 2 is 2.03 bits per heavy atom. The Labute approximate surface area is 200 Å². The number of nitrogens with one attached hydrogen (secondary N) is 1. The molecule has 0 amide bonds. The summed E-state index contributed by atoms with van der Waals surface area (Å²) in [6.07, 6.45) is -3.66. The number of hydroxylamine groups is 1. The minimum Gasteiger partial charge on any atom is -0.465 e. The number of nitrogens with zero attached hydrogens (tertiary/aromatic N) is 2. The molecule has 3 rings (SSSR count). The van der Waals surface area contributed by atoms with Gasteiger partial charge in [0.2, 0.25) is 0 Å². The van der Waals surface area contributed by atoms with Gasteiger partial charge in [-0.25, -0.2) is 9.18 Å². The lowest BCUT2D eigenvalue weighted by molar-refractivity contribution is -0.180. The van der Waals surface area contributed by atoms with Crippen LogP contribution in [0, 0.1) is 0 Å². The summed E-state index contributed by atoms with van der Waals surface area (Å²) < 4.78 is 45.0. The van der Waals surface area contributed by atoms with Crippen molar-refractivity contribution in [2.75, 3.05) is 13.2 Å². The van der Waals surface area contributed by atoms with Crippen LogP contribution in [0.2, 0.25) is 0 Å². The van der Waals surface area contributed by atoms with E-state index in [0.717, 1.165) is 28.6 Å². The molecule has 0 radical (unpaired) electrons. The molecule has 0 spiro atoms. The van der Waals surface area contributed by atoms with Gasteiger partial charge in [0.25, 0.3) is 5.56 Å². The topological polar surface area (TPSA) is 149 Å². The van der Waals surface area contributed by atoms with Crippen LogP contribution in [0.25, 0.3) is 0 Å². The monoisotopic (exact) mass is 515 g/mol. The second kappa shape index (κ2) is 11.3. The lowest BCUT2D eigenvalue weighted by atomic mass is 9.98. The summed E-state index contributed by atoms with van der Waals surface area (Å²) in [5.74, 6) is -0.490. The number of carbonyl (C=O) groups excluding carboxylic acids is 1. The quantitative estimate of drug-likeness (QED) is 0.268. The number of aromatic nitrogens is 2. The van der Waals surface area contributed by atoms with Gasteiger partial charge < -0.3 is 19.1 Å². The van der Waals surface area contributed by atoms with Crippen molar-refractivity contribution in [2.45, 2.75) is 50.9 Å². The van der Waals surface area contributed by atoms with E-state index in [1.807, 2.05) is 4.98 Å². The Morgan fingerprint density at radius 1 is 1.34 bits per heavy atom. The van der Waals surface area contributed by atoms with Gasteiger partial charge in [0.15, 0.2) is 11.9 Å². The van der Waals surface area contributed by atoms with Crippen molar-refractivity contribution in [2.24, 2.45) is 0 Å². The van der Waals surface area contributed by atoms with Crippen molar-refractivity contribution in [3.8, 4) is 5.75 Å². The average Bonchev–Trinajstić information content (AvgIpc) is 3.03. The molecule has 2 heterocycles. The molecule has 0 saturated carbocycles. The summed E-state index contributed by atoms with van der Waals surface area (Å²) in [6.45, 7) is 3.53. The maximum absolute atomic E-state index is 15.4. The van der Waals surface area contributed by atoms with Gasteiger partial charge in [-0.2, -0.15) is 0 Å². The number of esters is 1. The Kier molecular flexibility index (Phi) is 8.62. The number of para-hydroxylation sites is 1. The Morgan fingerprint density at radius 3 is 2.66 bits per heavy atom. The highest BCUT2D eigenvalue weighted by molar-refractivity contribution is 7.36. The number of carbonyl (C=O) groups is 1. The number of aliphatic hydroxyl groups is 1. The van der Waals surface area contributed by atoms with E-state index >= 15 is 4.39 Å². The van der Waals surface area contributed by atoms with Gasteiger partial charge in [0.1, 0.15) is 24.0 Å². The largest absolute Gasteiger partial charge is 0.465 e. The van der Waals surface area contributed by atoms with Crippen molar-refractivity contribution in [1.82, 2.24) is 14.4 Å². The summed E-state index contributed by atoms with van der Waals surface area (Å²) in [4.78, 5) is 44.0. The van der Waals surface area contributed by atoms with E-state index in [1.54, 1.807) is 37.3 Å². The van der Waals surface area contributed by atoms with Gasteiger partial charge in [-0.15, -0.1) is 0 Å². The van der Waals surface area contributed by atoms with Crippen molar-refractivity contribution in [3.63, 3.8) is 0 Å². The standard InChI is InChI=1S/C21H27FN3O9P/c1-4-31-18(28)13(2)25(35(30)34-14-8-6-5-7-9-14)32-12-15-17(27)21(3,22)19(33-15)24-11-10-16(26)23-20(24)29/h5-11,13,15,17,19,27,35H,4,12H2,1-3H3,(H,23,26,29)/t13-,15+,17+,19+,21+/m0/s1. The van der Waals surface area contributed by atoms with E-state index in [2.05, 4.69) is 0 Å². The van der Waals surface area contributed by atoms with Gasteiger partial charge in [0, 0.05) is 12.3 Å². The Hall–Kier alpha value is -2.83. The first-order valence-electron chi connectivity index (χ1n) is 10.8. The maximum Gasteiger partial charge on any atom is 0.331 e. The van der Waals surface area contributed by atoms with E-state index in [4.69, 9.17) is 18.8 Å². The zero-order valence-electron chi connectivity index (χ0n) is 19.3. The first-order chi connectivity index (χ1) is 16.6. The molecule has 1 aromatic heterocycles. The number of benzene rings is 1. The molecule has 1 aliphatic heterocycles. The molecule has 2 N–H and O–H groups in total. The molecule has 2 aromatic rings. The lowest BCUT2D eigenvalue weighted by Crippen LogP contribution is -2.44. The van der Waals surface area contributed by atoms with Crippen LogP contribution in [0.5, 0.6) is 5.75 Å². The smallest absolute Gasteiger partial charge is 0.331 e. The number of aromatic amines is 1. The highest BCUT2D eigenvalue weighted by atomic mass is 31.1. The molecule has 12 nitrogen and oxygen atoms in total. The fourth-order valence-corrected chi connectivity index (χ4v) is 4.46. The number of H-pyrrole nitrogens is 1. The molecule has 192 valence electrons. The number of halogens is 1. The highest BCUT2D eigenvalue weighted by Gasteiger charge is 2.55. The maximum atomic E-state index is 15.4. The predicted octanol–water partition coefficient (Wildman–Crippen LogP) is 1.18. The molecular formula is C21H27FN3O9P. The summed E-state index contributed by atoms with van der Waals surface area (Å²) in [7, 11) is -3.22. The third-order valence-corrected chi connectivity index (χ3v) is 6.59. The van der Waals surface area contributed by atoms with Crippen LogP contribution in [0.3, 0.4) is 0 Å². The third kappa shape index (κ3) is 6.06. The van der Waals surface area contributed by atoms with Crippen molar-refractivity contribution in [3.05, 3.63) is 63.4 Å². The molecule has 0 aliphatic carbocycles. The van der Waals surface area contributed by atoms with E-state index in [0.29, 0.717) is 0 Å². The second-order valence-electron chi connectivity index (χ2n) is 7.87. The molecule has 14 heteroatoms. The molecule has 1 fully saturated rings. The Balaban J connectivity index is 1.78. The molecule has 1 aliphatic rings. The van der Waals surface area contributed by atoms with Crippen LogP contribution < -0.4 is 15.8 Å². The summed E-state index contributed by atoms with van der Waals surface area (Å²) in [5.41, 5.74) is -4.07. The zero-order chi connectivity index (χ0) is 25.8. The first kappa shape index (κ1) is 26.8. The molecule has 1 unspecified atom stereocenters. The van der Waals surface area contributed by atoms with Crippen molar-refractivity contribution >= 4 is 14.1 Å². The van der Waals surface area contributed by atoms with Gasteiger partial charge in [-0.1, -0.05) is 23.0 Å². The number of hydrogen-bond acceptors (Lipinski definition) is 9. The van der Waals surface area contributed by atoms with E-state index < -0.39 is 62.2 Å². The van der Waals surface area contributed by atoms with Crippen LogP contribution in [-0.4, -0.2) is 62.6 Å². The number of hydrogen-bond donors (Lipinski definition) is 2. The first-order valence-corrected chi connectivity index (χ1v) is 12.0. The van der Waals surface area contributed by atoms with E-state index in [9.17, 15) is 24.1 Å². The van der Waals surface area contributed by atoms with Crippen LogP contribution in [0.15, 0.2) is 52.2 Å². The van der Waals surface area contributed by atoms with Gasteiger partial charge in [-0.3, -0.25) is 28.5 Å². The van der Waals surface area contributed by atoms with Gasteiger partial charge in [-0.05, 0) is 32.9 Å². The average molecular weight is 515 g/mol. The summed E-state index contributed by atoms with van der Waals surface area (Å²) >= 11 is 0. The highest BCUT2D eigenvalue weighted by Crippen LogP contribution is 2.41. The Bertz CT molecular complexity index is 1160. The summed E-state index contributed by atoms with van der Waals surface area (Å²) in [6, 6.07) is 7.99. The minimum absolute atomic E-state index is 0.0672. The number of rotatable bonds is 10. The van der Waals surface area contributed by atoms with Crippen molar-refractivity contribution in [1.29, 1.82) is 0 Å². The number of ether oxygens (including phenoxy) is 2. The second-order valence-corrected chi connectivity index (χ2v) is 9.05. The van der Waals surface area contributed by atoms with Crippen LogP contribution in [0.4, 0.5) is 4.39 Å². The number of aliphatic hydroxyl groups excluding tert-OH is 1. The molecule has 0 bridgehead atoms. The summed E-state index contributed by atoms with van der Waals surface area (Å²) in [5, 5.41) is 10.5. The normalized spacial score (nSPS) is 25.8. The van der Waals surface area contributed by atoms with Crippen molar-refractivity contribution < 1.29 is 37.7 Å². The van der Waals surface area contributed by atoms with E-state index in [-0.39, 0.29) is 12.4 Å². The fourth-order valence-electron chi connectivity index (χ4n) is 3.43. The zero-order valence-corrected chi connectivity index (χ0v) is 20.3. The lowest BCUT2D eigenvalue weighted by Gasteiger charge is -2.27. The van der Waals surface area contributed by atoms with E-state index in [1.165, 1.54) is 6.92 Å².